The van der Waals surface area contributed by atoms with E-state index in [-0.39, 0.29) is 5.56 Å². The Kier molecular flexibility index (Phi) is 4.02. The standard InChI is InChI=1S/C10H11ClF2O2/c1-5(11)9(14)10(15)7-3-2-6(12)4-8(7)13/h2-5,9-10,14-15H,1H3/t5-,9+,10?/m1/s1. The minimum Gasteiger partial charge on any atom is -0.389 e. The highest BCUT2D eigenvalue weighted by molar-refractivity contribution is 6.20. The third-order valence-electron chi connectivity index (χ3n) is 2.08. The Morgan fingerprint density at radius 2 is 1.87 bits per heavy atom. The van der Waals surface area contributed by atoms with Crippen molar-refractivity contribution >= 4 is 11.6 Å². The van der Waals surface area contributed by atoms with E-state index in [0.29, 0.717) is 6.07 Å². The summed E-state index contributed by atoms with van der Waals surface area (Å²) in [6, 6.07) is 2.73. The molecule has 5 heteroatoms. The van der Waals surface area contributed by atoms with Crippen LogP contribution in [0, 0.1) is 11.6 Å². The van der Waals surface area contributed by atoms with Crippen molar-refractivity contribution in [1.29, 1.82) is 0 Å². The molecule has 0 aliphatic rings. The summed E-state index contributed by atoms with van der Waals surface area (Å²) < 4.78 is 25.7. The highest BCUT2D eigenvalue weighted by atomic mass is 35.5. The van der Waals surface area contributed by atoms with Gasteiger partial charge in [0.15, 0.2) is 0 Å². The lowest BCUT2D eigenvalue weighted by Gasteiger charge is -2.20. The van der Waals surface area contributed by atoms with E-state index >= 15 is 0 Å². The van der Waals surface area contributed by atoms with Crippen LogP contribution >= 0.6 is 11.6 Å². The molecular weight excluding hydrogens is 226 g/mol. The summed E-state index contributed by atoms with van der Waals surface area (Å²) in [6.07, 6.45) is -2.76. The molecule has 0 heterocycles. The molecule has 0 aliphatic carbocycles. The Balaban J connectivity index is 2.96. The lowest BCUT2D eigenvalue weighted by atomic mass is 10.0. The molecule has 1 unspecified atom stereocenters. The van der Waals surface area contributed by atoms with E-state index in [2.05, 4.69) is 0 Å². The largest absolute Gasteiger partial charge is 0.389 e. The molecule has 0 radical (unpaired) electrons. The Morgan fingerprint density at radius 3 is 2.33 bits per heavy atom. The normalized spacial score (nSPS) is 17.2. The zero-order valence-electron chi connectivity index (χ0n) is 7.99. The zero-order chi connectivity index (χ0) is 11.6. The summed E-state index contributed by atoms with van der Waals surface area (Å²) in [6.45, 7) is 1.47. The predicted molar refractivity (Wildman–Crippen MR) is 52.6 cm³/mol. The van der Waals surface area contributed by atoms with Crippen LogP contribution in [0.25, 0.3) is 0 Å². The van der Waals surface area contributed by atoms with E-state index in [1.807, 2.05) is 0 Å². The first-order valence-corrected chi connectivity index (χ1v) is 4.82. The van der Waals surface area contributed by atoms with Crippen molar-refractivity contribution in [3.8, 4) is 0 Å². The molecular formula is C10H11ClF2O2. The van der Waals surface area contributed by atoms with E-state index in [4.69, 9.17) is 11.6 Å². The van der Waals surface area contributed by atoms with Crippen LogP contribution in [0.5, 0.6) is 0 Å². The molecule has 15 heavy (non-hydrogen) atoms. The van der Waals surface area contributed by atoms with Crippen molar-refractivity contribution in [1.82, 2.24) is 0 Å². The average Bonchev–Trinajstić information content (AvgIpc) is 2.15. The molecule has 3 atom stereocenters. The minimum atomic E-state index is -1.46. The number of aliphatic hydroxyl groups is 2. The van der Waals surface area contributed by atoms with Gasteiger partial charge in [0.05, 0.1) is 5.38 Å². The second-order valence-electron chi connectivity index (χ2n) is 3.28. The lowest BCUT2D eigenvalue weighted by molar-refractivity contribution is 0.0166. The van der Waals surface area contributed by atoms with Crippen molar-refractivity contribution in [2.45, 2.75) is 24.5 Å². The Labute approximate surface area is 91.1 Å². The number of alkyl halides is 1. The van der Waals surface area contributed by atoms with Gasteiger partial charge in [-0.2, -0.15) is 0 Å². The van der Waals surface area contributed by atoms with E-state index in [1.54, 1.807) is 0 Å². The molecule has 0 aliphatic heterocycles. The van der Waals surface area contributed by atoms with Gasteiger partial charge in [0.1, 0.15) is 23.8 Å². The molecule has 0 saturated carbocycles. The van der Waals surface area contributed by atoms with Crippen LogP contribution in [-0.4, -0.2) is 21.7 Å². The quantitative estimate of drug-likeness (QED) is 0.788. The fourth-order valence-corrected chi connectivity index (χ4v) is 1.31. The van der Waals surface area contributed by atoms with Gasteiger partial charge >= 0.3 is 0 Å². The first-order chi connectivity index (χ1) is 6.93. The van der Waals surface area contributed by atoms with E-state index in [9.17, 15) is 19.0 Å². The van der Waals surface area contributed by atoms with E-state index in [1.165, 1.54) is 6.92 Å². The van der Waals surface area contributed by atoms with Crippen LogP contribution in [0.3, 0.4) is 0 Å². The van der Waals surface area contributed by atoms with Crippen molar-refractivity contribution < 1.29 is 19.0 Å². The molecule has 0 aromatic heterocycles. The summed E-state index contributed by atoms with van der Waals surface area (Å²) in [5, 5.41) is 18.2. The molecule has 0 fully saturated rings. The highest BCUT2D eigenvalue weighted by Crippen LogP contribution is 2.24. The van der Waals surface area contributed by atoms with Gasteiger partial charge in [-0.05, 0) is 13.0 Å². The number of halogens is 3. The molecule has 1 rings (SSSR count). The van der Waals surface area contributed by atoms with Crippen molar-refractivity contribution in [3.05, 3.63) is 35.4 Å². The monoisotopic (exact) mass is 236 g/mol. The maximum atomic E-state index is 13.2. The smallest absolute Gasteiger partial charge is 0.132 e. The minimum absolute atomic E-state index is 0.170. The highest BCUT2D eigenvalue weighted by Gasteiger charge is 2.25. The summed E-state index contributed by atoms with van der Waals surface area (Å²) in [5.41, 5.74) is -0.170. The maximum Gasteiger partial charge on any atom is 0.132 e. The SMILES string of the molecule is C[C@@H](Cl)[C@H](O)C(O)c1ccc(F)cc1F. The maximum absolute atomic E-state index is 13.2. The second kappa shape index (κ2) is 4.88. The first kappa shape index (κ1) is 12.4. The predicted octanol–water partition coefficient (Wildman–Crippen LogP) is 1.99. The molecule has 84 valence electrons. The Hall–Kier alpha value is -0.710. The van der Waals surface area contributed by atoms with Crippen molar-refractivity contribution in [2.75, 3.05) is 0 Å². The van der Waals surface area contributed by atoms with E-state index in [0.717, 1.165) is 12.1 Å². The lowest BCUT2D eigenvalue weighted by Crippen LogP contribution is -2.26. The van der Waals surface area contributed by atoms with Crippen molar-refractivity contribution in [2.24, 2.45) is 0 Å². The number of benzene rings is 1. The Bertz CT molecular complexity index is 344. The van der Waals surface area contributed by atoms with Crippen LogP contribution in [0.1, 0.15) is 18.6 Å². The zero-order valence-corrected chi connectivity index (χ0v) is 8.75. The van der Waals surface area contributed by atoms with Crippen molar-refractivity contribution in [3.63, 3.8) is 0 Å². The molecule has 1 aromatic rings. The molecule has 1 aromatic carbocycles. The van der Waals surface area contributed by atoms with Gasteiger partial charge < -0.3 is 10.2 Å². The molecule has 2 nitrogen and oxygen atoms in total. The van der Waals surface area contributed by atoms with Gasteiger partial charge in [0.2, 0.25) is 0 Å². The third kappa shape index (κ3) is 2.87. The topological polar surface area (TPSA) is 40.5 Å². The summed E-state index contributed by atoms with van der Waals surface area (Å²) in [5.74, 6) is -1.64. The van der Waals surface area contributed by atoms with E-state index < -0.39 is 29.2 Å². The summed E-state index contributed by atoms with van der Waals surface area (Å²) in [7, 11) is 0. The second-order valence-corrected chi connectivity index (χ2v) is 3.97. The molecule has 2 N–H and O–H groups in total. The van der Waals surface area contributed by atoms with Gasteiger partial charge in [0, 0.05) is 11.6 Å². The summed E-state index contributed by atoms with van der Waals surface area (Å²) in [4.78, 5) is 0. The fourth-order valence-electron chi connectivity index (χ4n) is 1.18. The molecule has 0 bridgehead atoms. The van der Waals surface area contributed by atoms with Gasteiger partial charge in [-0.1, -0.05) is 6.07 Å². The first-order valence-electron chi connectivity index (χ1n) is 4.38. The molecule has 0 saturated heterocycles. The fraction of sp³-hybridized carbons (Fsp3) is 0.400. The summed E-state index contributed by atoms with van der Waals surface area (Å²) >= 11 is 5.55. The average molecular weight is 237 g/mol. The van der Waals surface area contributed by atoms with Gasteiger partial charge in [-0.25, -0.2) is 8.78 Å². The van der Waals surface area contributed by atoms with Crippen LogP contribution < -0.4 is 0 Å². The molecule has 0 amide bonds. The van der Waals surface area contributed by atoms with Gasteiger partial charge in [-0.15, -0.1) is 11.6 Å². The molecule has 0 spiro atoms. The third-order valence-corrected chi connectivity index (χ3v) is 2.33. The number of rotatable bonds is 3. The van der Waals surface area contributed by atoms with Crippen LogP contribution in [-0.2, 0) is 0 Å². The number of hydrogen-bond donors (Lipinski definition) is 2. The number of hydrogen-bond acceptors (Lipinski definition) is 2. The number of aliphatic hydroxyl groups excluding tert-OH is 2. The van der Waals surface area contributed by atoms with Gasteiger partial charge in [-0.3, -0.25) is 0 Å². The van der Waals surface area contributed by atoms with Crippen LogP contribution in [0.4, 0.5) is 8.78 Å². The van der Waals surface area contributed by atoms with Crippen LogP contribution in [0.15, 0.2) is 18.2 Å². The van der Waals surface area contributed by atoms with Crippen LogP contribution in [0.2, 0.25) is 0 Å². The van der Waals surface area contributed by atoms with Gasteiger partial charge in [0.25, 0.3) is 0 Å². The Morgan fingerprint density at radius 1 is 1.27 bits per heavy atom.